The van der Waals surface area contributed by atoms with E-state index in [0.717, 1.165) is 0 Å². The van der Waals surface area contributed by atoms with E-state index in [0.29, 0.717) is 22.7 Å². The molecule has 0 spiro atoms. The average molecular weight is 383 g/mol. The molecule has 0 heterocycles. The van der Waals surface area contributed by atoms with Gasteiger partial charge in [-0.05, 0) is 36.4 Å². The van der Waals surface area contributed by atoms with Crippen LogP contribution in [0.25, 0.3) is 0 Å². The van der Waals surface area contributed by atoms with Crippen LogP contribution in [0.2, 0.25) is 10.0 Å². The Balaban J connectivity index is 2.14. The molecule has 0 bridgehead atoms. The van der Waals surface area contributed by atoms with Crippen LogP contribution in [0.4, 0.5) is 16.2 Å². The largest absolute Gasteiger partial charge is 0.494 e. The van der Waals surface area contributed by atoms with E-state index in [2.05, 4.69) is 10.1 Å². The van der Waals surface area contributed by atoms with Gasteiger partial charge in [-0.2, -0.15) is 0 Å². The highest BCUT2D eigenvalue weighted by Crippen LogP contribution is 2.34. The Hall–Kier alpha value is -2.44. The fraction of sp³-hybridized carbons (Fsp3) is 0.176. The summed E-state index contributed by atoms with van der Waals surface area (Å²) in [6.45, 7) is 0. The van der Waals surface area contributed by atoms with Crippen LogP contribution in [-0.2, 0) is 4.74 Å². The second kappa shape index (κ2) is 8.09. The quantitative estimate of drug-likeness (QED) is 0.847. The summed E-state index contributed by atoms with van der Waals surface area (Å²) in [5, 5.41) is 3.22. The van der Waals surface area contributed by atoms with E-state index in [9.17, 15) is 9.59 Å². The van der Waals surface area contributed by atoms with E-state index in [1.54, 1.807) is 31.3 Å². The summed E-state index contributed by atoms with van der Waals surface area (Å²) < 4.78 is 9.70. The smallest absolute Gasteiger partial charge is 0.413 e. The van der Waals surface area contributed by atoms with Gasteiger partial charge < -0.3 is 14.8 Å². The molecule has 0 fully saturated rings. The molecule has 2 amide bonds. The van der Waals surface area contributed by atoms with Crippen molar-refractivity contribution in [2.75, 3.05) is 31.5 Å². The number of carbonyl (C=O) groups is 2. The monoisotopic (exact) mass is 382 g/mol. The van der Waals surface area contributed by atoms with Gasteiger partial charge in [-0.3, -0.25) is 9.69 Å². The van der Waals surface area contributed by atoms with Crippen molar-refractivity contribution in [1.29, 1.82) is 0 Å². The zero-order chi connectivity index (χ0) is 18.6. The van der Waals surface area contributed by atoms with Crippen molar-refractivity contribution in [1.82, 2.24) is 0 Å². The minimum absolute atomic E-state index is 0.246. The first-order chi connectivity index (χ1) is 11.9. The third-order valence-electron chi connectivity index (χ3n) is 3.43. The lowest BCUT2D eigenvalue weighted by molar-refractivity contribution is 0.102. The highest BCUT2D eigenvalue weighted by Gasteiger charge is 2.14. The number of nitrogens with one attached hydrogen (secondary N) is 1. The fourth-order valence-electron chi connectivity index (χ4n) is 2.10. The van der Waals surface area contributed by atoms with E-state index in [1.165, 1.54) is 31.3 Å². The van der Waals surface area contributed by atoms with Gasteiger partial charge in [0.2, 0.25) is 0 Å². The molecule has 0 unspecified atom stereocenters. The number of hydrogen-bond donors (Lipinski definition) is 1. The van der Waals surface area contributed by atoms with Gasteiger partial charge in [0, 0.05) is 24.0 Å². The van der Waals surface area contributed by atoms with Crippen LogP contribution >= 0.6 is 23.2 Å². The maximum absolute atomic E-state index is 12.3. The van der Waals surface area contributed by atoms with Crippen LogP contribution < -0.4 is 15.0 Å². The summed E-state index contributed by atoms with van der Waals surface area (Å²) >= 11 is 12.1. The maximum Gasteiger partial charge on any atom is 0.413 e. The molecule has 2 aromatic rings. The first kappa shape index (κ1) is 18.9. The first-order valence-corrected chi connectivity index (χ1v) is 7.89. The van der Waals surface area contributed by atoms with E-state index >= 15 is 0 Å². The highest BCUT2D eigenvalue weighted by molar-refractivity contribution is 6.37. The van der Waals surface area contributed by atoms with E-state index in [1.807, 2.05) is 0 Å². The summed E-state index contributed by atoms with van der Waals surface area (Å²) in [6, 6.07) is 9.64. The van der Waals surface area contributed by atoms with Crippen molar-refractivity contribution in [3.05, 3.63) is 52.0 Å². The van der Waals surface area contributed by atoms with Gasteiger partial charge in [-0.15, -0.1) is 0 Å². The third-order valence-corrected chi connectivity index (χ3v) is 3.99. The number of methoxy groups -OCH3 is 2. The molecule has 0 aliphatic heterocycles. The lowest BCUT2D eigenvalue weighted by atomic mass is 10.2. The van der Waals surface area contributed by atoms with E-state index in [-0.39, 0.29) is 16.0 Å². The number of carbonyl (C=O) groups excluding carboxylic acids is 2. The molecule has 8 heteroatoms. The minimum Gasteiger partial charge on any atom is -0.494 e. The van der Waals surface area contributed by atoms with Gasteiger partial charge in [0.1, 0.15) is 0 Å². The average Bonchev–Trinajstić information content (AvgIpc) is 2.60. The summed E-state index contributed by atoms with van der Waals surface area (Å²) in [4.78, 5) is 25.2. The van der Waals surface area contributed by atoms with Crippen molar-refractivity contribution >= 4 is 46.6 Å². The molecular formula is C17H16Cl2N2O4. The fourth-order valence-corrected chi connectivity index (χ4v) is 2.74. The molecule has 0 saturated heterocycles. The van der Waals surface area contributed by atoms with Gasteiger partial charge in [0.25, 0.3) is 5.91 Å². The minimum atomic E-state index is -0.487. The lowest BCUT2D eigenvalue weighted by Gasteiger charge is -2.16. The summed E-state index contributed by atoms with van der Waals surface area (Å²) in [5.74, 6) is -0.0596. The Morgan fingerprint density at radius 1 is 1.04 bits per heavy atom. The van der Waals surface area contributed by atoms with Gasteiger partial charge in [-0.1, -0.05) is 23.2 Å². The van der Waals surface area contributed by atoms with Crippen molar-refractivity contribution in [3.63, 3.8) is 0 Å². The molecule has 6 nitrogen and oxygen atoms in total. The SMILES string of the molecule is COC(=O)N(C)c1ccc(NC(=O)c2cc(Cl)c(OC)c(Cl)c2)cc1. The van der Waals surface area contributed by atoms with Crippen LogP contribution in [0, 0.1) is 0 Å². The zero-order valence-corrected chi connectivity index (χ0v) is 15.3. The number of halogens is 2. The standard InChI is InChI=1S/C17H16Cl2N2O4/c1-21(17(23)25-3)12-6-4-11(5-7-12)20-16(22)10-8-13(18)15(24-2)14(19)9-10/h4-9H,1-3H3,(H,20,22). The molecule has 1 N–H and O–H groups in total. The van der Waals surface area contributed by atoms with Gasteiger partial charge in [0.15, 0.2) is 5.75 Å². The molecule has 0 saturated carbocycles. The normalized spacial score (nSPS) is 10.1. The number of hydrogen-bond acceptors (Lipinski definition) is 4. The van der Waals surface area contributed by atoms with Gasteiger partial charge >= 0.3 is 6.09 Å². The van der Waals surface area contributed by atoms with E-state index < -0.39 is 6.09 Å². The molecule has 2 rings (SSSR count). The second-order valence-corrected chi connectivity index (χ2v) is 5.82. The molecule has 0 aliphatic rings. The van der Waals surface area contributed by atoms with Crippen molar-refractivity contribution in [3.8, 4) is 5.75 Å². The number of anilines is 2. The molecule has 2 aromatic carbocycles. The lowest BCUT2D eigenvalue weighted by Crippen LogP contribution is -2.25. The summed E-state index contributed by atoms with van der Waals surface area (Å²) in [6.07, 6.45) is -0.487. The predicted molar refractivity (Wildman–Crippen MR) is 98.2 cm³/mol. The third kappa shape index (κ3) is 4.35. The summed E-state index contributed by atoms with van der Waals surface area (Å²) in [5.41, 5.74) is 1.47. The molecular weight excluding hydrogens is 367 g/mol. The Kier molecular flexibility index (Phi) is 6.12. The van der Waals surface area contributed by atoms with Crippen LogP contribution in [-0.4, -0.2) is 33.3 Å². The Bertz CT molecular complexity index is 771. The van der Waals surface area contributed by atoms with Crippen LogP contribution in [0.5, 0.6) is 5.75 Å². The zero-order valence-electron chi connectivity index (χ0n) is 13.8. The predicted octanol–water partition coefficient (Wildman–Crippen LogP) is 4.46. The van der Waals surface area contributed by atoms with Crippen molar-refractivity contribution < 1.29 is 19.1 Å². The topological polar surface area (TPSA) is 67.9 Å². The van der Waals surface area contributed by atoms with Gasteiger partial charge in [-0.25, -0.2) is 4.79 Å². The maximum atomic E-state index is 12.3. The van der Waals surface area contributed by atoms with Crippen LogP contribution in [0.15, 0.2) is 36.4 Å². The van der Waals surface area contributed by atoms with Crippen molar-refractivity contribution in [2.45, 2.75) is 0 Å². The number of rotatable bonds is 4. The number of ether oxygens (including phenoxy) is 2. The van der Waals surface area contributed by atoms with Crippen molar-refractivity contribution in [2.24, 2.45) is 0 Å². The molecule has 0 aromatic heterocycles. The van der Waals surface area contributed by atoms with E-state index in [4.69, 9.17) is 27.9 Å². The van der Waals surface area contributed by atoms with Crippen LogP contribution in [0.1, 0.15) is 10.4 Å². The number of amides is 2. The highest BCUT2D eigenvalue weighted by atomic mass is 35.5. The Labute approximate surface area is 155 Å². The molecule has 0 atom stereocenters. The summed E-state index contributed by atoms with van der Waals surface area (Å²) in [7, 11) is 4.33. The Morgan fingerprint density at radius 3 is 2.08 bits per heavy atom. The Morgan fingerprint density at radius 2 is 1.60 bits per heavy atom. The molecule has 0 radical (unpaired) electrons. The first-order valence-electron chi connectivity index (χ1n) is 7.13. The molecule has 0 aliphatic carbocycles. The number of nitrogens with zero attached hydrogens (tertiary/aromatic N) is 1. The number of benzene rings is 2. The van der Waals surface area contributed by atoms with Gasteiger partial charge in [0.05, 0.1) is 24.3 Å². The van der Waals surface area contributed by atoms with Crippen LogP contribution in [0.3, 0.4) is 0 Å². The molecule has 132 valence electrons. The second-order valence-electron chi connectivity index (χ2n) is 5.00. The molecule has 25 heavy (non-hydrogen) atoms.